The molecule has 2 N–H and O–H groups in total. The molecule has 0 saturated heterocycles. The maximum Gasteiger partial charge on any atom is 0.147 e. The van der Waals surface area contributed by atoms with E-state index >= 15 is 0 Å². The topological polar surface area (TPSA) is 89.8 Å². The lowest BCUT2D eigenvalue weighted by atomic mass is 10.2. The van der Waals surface area contributed by atoms with Crippen LogP contribution in [0.5, 0.6) is 0 Å². The van der Waals surface area contributed by atoms with Crippen LogP contribution in [-0.2, 0) is 3.07 Å². The second-order valence-corrected chi connectivity index (χ2v) is 5.24. The number of rotatable bonds is 2. The molecule has 3 rings (SSSR count). The highest BCUT2D eigenvalue weighted by atomic mass is 127. The summed E-state index contributed by atoms with van der Waals surface area (Å²) >= 11 is 1.90. The van der Waals surface area contributed by atoms with Gasteiger partial charge in [-0.2, -0.15) is 5.26 Å². The third kappa shape index (κ3) is 2.05. The van der Waals surface area contributed by atoms with Crippen LogP contribution in [0.1, 0.15) is 23.9 Å². The van der Waals surface area contributed by atoms with Crippen molar-refractivity contribution in [3.05, 3.63) is 29.7 Å². The Bertz CT molecular complexity index is 745. The number of fused-ring (bicyclic) bond motifs is 1. The molecule has 1 aliphatic rings. The van der Waals surface area contributed by atoms with Crippen LogP contribution in [0.25, 0.3) is 11.0 Å². The van der Waals surface area contributed by atoms with Gasteiger partial charge in [-0.05, 0) is 6.92 Å². The number of anilines is 1. The van der Waals surface area contributed by atoms with Crippen LogP contribution in [0.4, 0.5) is 5.82 Å². The summed E-state index contributed by atoms with van der Waals surface area (Å²) in [5.74, 6) is 0.953. The quantitative estimate of drug-likeness (QED) is 0.638. The Kier molecular flexibility index (Phi) is 3.35. The van der Waals surface area contributed by atoms with Crippen LogP contribution in [0.3, 0.4) is 0 Å². The molecule has 2 atom stereocenters. The molecule has 0 amide bonds. The molecule has 2 aromatic rings. The van der Waals surface area contributed by atoms with Crippen molar-refractivity contribution in [1.82, 2.24) is 14.5 Å². The molecule has 0 bridgehead atoms. The maximum absolute atomic E-state index is 9.27. The maximum atomic E-state index is 9.27. The summed E-state index contributed by atoms with van der Waals surface area (Å²) < 4.78 is 7.28. The average Bonchev–Trinajstić information content (AvgIpc) is 3.01. The zero-order valence-corrected chi connectivity index (χ0v) is 12.9. The minimum Gasteiger partial charge on any atom is -0.383 e. The predicted octanol–water partition coefficient (Wildman–Crippen LogP) is 2.43. The van der Waals surface area contributed by atoms with Gasteiger partial charge < -0.3 is 13.4 Å². The number of nitrogens with zero attached hydrogens (tertiary/aromatic N) is 4. The molecule has 0 saturated carbocycles. The fraction of sp³-hybridized carbons (Fsp3) is 0.308. The summed E-state index contributed by atoms with van der Waals surface area (Å²) in [5.41, 5.74) is 7.15. The fourth-order valence-electron chi connectivity index (χ4n) is 2.55. The van der Waals surface area contributed by atoms with Gasteiger partial charge in [-0.15, -0.1) is 0 Å². The van der Waals surface area contributed by atoms with Crippen molar-refractivity contribution in [2.24, 2.45) is 0 Å². The monoisotopic (exact) mass is 381 g/mol. The summed E-state index contributed by atoms with van der Waals surface area (Å²) in [4.78, 5) is 8.58. The number of hydrogen-bond acceptors (Lipinski definition) is 5. The molecule has 102 valence electrons. The van der Waals surface area contributed by atoms with Gasteiger partial charge in [-0.1, -0.05) is 12.2 Å². The fourth-order valence-corrected chi connectivity index (χ4v) is 2.92. The first-order valence-corrected chi connectivity index (χ1v) is 7.02. The third-order valence-corrected chi connectivity index (χ3v) is 4.08. The molecular weight excluding hydrogens is 369 g/mol. The lowest BCUT2D eigenvalue weighted by molar-refractivity contribution is 0.318. The predicted molar refractivity (Wildman–Crippen MR) is 83.1 cm³/mol. The molecule has 0 spiro atoms. The third-order valence-electron chi connectivity index (χ3n) is 3.43. The normalized spacial score (nSPS) is 21.4. The van der Waals surface area contributed by atoms with Crippen LogP contribution in [0, 0.1) is 18.3 Å². The number of nitrogen functional groups attached to an aromatic ring is 1. The van der Waals surface area contributed by atoms with Crippen LogP contribution >= 0.6 is 23.0 Å². The van der Waals surface area contributed by atoms with Crippen molar-refractivity contribution in [1.29, 1.82) is 5.26 Å². The van der Waals surface area contributed by atoms with E-state index in [9.17, 15) is 5.26 Å². The molecule has 0 fully saturated rings. The summed E-state index contributed by atoms with van der Waals surface area (Å²) in [7, 11) is 0. The van der Waals surface area contributed by atoms with Gasteiger partial charge in [0.2, 0.25) is 0 Å². The smallest absolute Gasteiger partial charge is 0.147 e. The first kappa shape index (κ1) is 13.3. The number of aryl methyl sites for hydroxylation is 1. The van der Waals surface area contributed by atoms with Gasteiger partial charge in [0.25, 0.3) is 0 Å². The van der Waals surface area contributed by atoms with Crippen LogP contribution < -0.4 is 5.73 Å². The van der Waals surface area contributed by atoms with Crippen molar-refractivity contribution in [3.8, 4) is 6.07 Å². The Labute approximate surface area is 129 Å². The Morgan fingerprint density at radius 1 is 1.50 bits per heavy atom. The van der Waals surface area contributed by atoms with Crippen molar-refractivity contribution >= 4 is 39.9 Å². The van der Waals surface area contributed by atoms with Gasteiger partial charge in [0.05, 0.1) is 23.1 Å². The van der Waals surface area contributed by atoms with Gasteiger partial charge in [-0.25, -0.2) is 9.97 Å². The molecule has 0 aliphatic heterocycles. The number of hydrogen-bond donors (Lipinski definition) is 1. The van der Waals surface area contributed by atoms with E-state index in [1.807, 2.05) is 33.6 Å². The summed E-state index contributed by atoms with van der Waals surface area (Å²) in [6.45, 7) is 1.79. The Morgan fingerprint density at radius 2 is 2.30 bits per heavy atom. The Hall–Kier alpha value is -1.66. The molecule has 1 aliphatic carbocycles. The van der Waals surface area contributed by atoms with E-state index in [1.54, 1.807) is 13.1 Å². The van der Waals surface area contributed by atoms with Gasteiger partial charge in [0.1, 0.15) is 46.4 Å². The molecule has 20 heavy (non-hydrogen) atoms. The van der Waals surface area contributed by atoms with Crippen molar-refractivity contribution in [2.45, 2.75) is 25.5 Å². The molecule has 2 unspecified atom stereocenters. The molecule has 0 radical (unpaired) electrons. The number of aromatic nitrogens is 3. The largest absolute Gasteiger partial charge is 0.383 e. The van der Waals surface area contributed by atoms with Gasteiger partial charge in [0.15, 0.2) is 0 Å². The molecule has 2 aromatic heterocycles. The van der Waals surface area contributed by atoms with Crippen molar-refractivity contribution < 1.29 is 3.07 Å². The lowest BCUT2D eigenvalue weighted by Crippen LogP contribution is -2.09. The zero-order chi connectivity index (χ0) is 14.3. The molecule has 6 nitrogen and oxygen atoms in total. The Balaban J connectivity index is 2.18. The van der Waals surface area contributed by atoms with Crippen LogP contribution in [-0.4, -0.2) is 20.6 Å². The highest BCUT2D eigenvalue weighted by Crippen LogP contribution is 2.32. The number of nitriles is 1. The SMILES string of the molecule is Cc1nc(N)c2c(C#N)cn(C3C=CC(OI)C3)c2n1. The zero-order valence-electron chi connectivity index (χ0n) is 10.7. The minimum atomic E-state index is 0.0869. The highest BCUT2D eigenvalue weighted by molar-refractivity contribution is 14.1. The minimum absolute atomic E-state index is 0.0869. The van der Waals surface area contributed by atoms with Gasteiger partial charge >= 0.3 is 0 Å². The van der Waals surface area contributed by atoms with E-state index in [-0.39, 0.29) is 12.1 Å². The second kappa shape index (κ2) is 5.03. The second-order valence-electron chi connectivity index (χ2n) is 4.73. The van der Waals surface area contributed by atoms with Crippen molar-refractivity contribution in [3.63, 3.8) is 0 Å². The number of halogens is 1. The van der Waals surface area contributed by atoms with E-state index in [2.05, 4.69) is 22.1 Å². The van der Waals surface area contributed by atoms with Crippen molar-refractivity contribution in [2.75, 3.05) is 5.73 Å². The van der Waals surface area contributed by atoms with E-state index in [4.69, 9.17) is 8.80 Å². The summed E-state index contributed by atoms with van der Waals surface area (Å²) in [5, 5.41) is 9.90. The van der Waals surface area contributed by atoms with E-state index in [0.717, 1.165) is 6.42 Å². The first-order valence-electron chi connectivity index (χ1n) is 6.14. The standard InChI is InChI=1S/C13H12IN5O/c1-7-17-12(16)11-8(5-15)6-19(13(11)18-7)9-2-3-10(4-9)20-14/h2-3,6,9-10H,4H2,1H3,(H2,16,17,18). The lowest BCUT2D eigenvalue weighted by Gasteiger charge is -2.13. The molecule has 0 aromatic carbocycles. The van der Waals surface area contributed by atoms with E-state index < -0.39 is 0 Å². The van der Waals surface area contributed by atoms with E-state index in [1.165, 1.54) is 0 Å². The van der Waals surface area contributed by atoms with Crippen LogP contribution in [0.2, 0.25) is 0 Å². The highest BCUT2D eigenvalue weighted by Gasteiger charge is 2.24. The number of allylic oxidation sites excluding steroid dienone is 1. The Morgan fingerprint density at radius 3 is 2.95 bits per heavy atom. The van der Waals surface area contributed by atoms with Gasteiger partial charge in [0, 0.05) is 12.6 Å². The summed E-state index contributed by atoms with van der Waals surface area (Å²) in [6.07, 6.45) is 6.79. The summed E-state index contributed by atoms with van der Waals surface area (Å²) in [6, 6.07) is 2.28. The van der Waals surface area contributed by atoms with Crippen LogP contribution in [0.15, 0.2) is 18.3 Å². The van der Waals surface area contributed by atoms with E-state index in [0.29, 0.717) is 28.2 Å². The molecule has 2 heterocycles. The van der Waals surface area contributed by atoms with Gasteiger partial charge in [-0.3, -0.25) is 0 Å². The average molecular weight is 381 g/mol. The molecule has 7 heteroatoms. The number of nitrogens with two attached hydrogens (primary N) is 1. The first-order chi connectivity index (χ1) is 9.63. The molecular formula is C13H12IN5O.